The van der Waals surface area contributed by atoms with Crippen molar-refractivity contribution in [3.8, 4) is 11.1 Å². The van der Waals surface area contributed by atoms with E-state index in [9.17, 15) is 5.11 Å². The maximum absolute atomic E-state index is 9.87. The molecule has 2 unspecified atom stereocenters. The van der Waals surface area contributed by atoms with E-state index in [-0.39, 0.29) is 12.0 Å². The molecule has 9 heteroatoms. The van der Waals surface area contributed by atoms with Crippen molar-refractivity contribution in [3.05, 3.63) is 24.9 Å². The van der Waals surface area contributed by atoms with E-state index in [2.05, 4.69) is 45.4 Å². The minimum atomic E-state index is -1.13. The van der Waals surface area contributed by atoms with E-state index in [1.54, 1.807) is 6.33 Å². The second kappa shape index (κ2) is 7.42. The highest BCUT2D eigenvalue weighted by Crippen LogP contribution is 2.58. The molecular weight excluding hydrogens is 408 g/mol. The number of aliphatic hydroxyl groups excluding tert-OH is 1. The van der Waals surface area contributed by atoms with Crippen LogP contribution < -0.4 is 4.90 Å². The van der Waals surface area contributed by atoms with Crippen LogP contribution in [0.5, 0.6) is 0 Å². The van der Waals surface area contributed by atoms with Crippen molar-refractivity contribution in [1.82, 2.24) is 24.3 Å². The molecule has 1 N–H and O–H groups in total. The summed E-state index contributed by atoms with van der Waals surface area (Å²) in [6.07, 6.45) is 8.80. The summed E-state index contributed by atoms with van der Waals surface area (Å²) in [6.45, 7) is 10.4. The number of rotatable bonds is 8. The van der Waals surface area contributed by atoms with Crippen molar-refractivity contribution in [2.45, 2.75) is 38.8 Å². The van der Waals surface area contributed by atoms with E-state index in [4.69, 9.17) is 9.72 Å². The fourth-order valence-corrected chi connectivity index (χ4v) is 5.52. The van der Waals surface area contributed by atoms with Gasteiger partial charge in [-0.1, -0.05) is 19.6 Å². The van der Waals surface area contributed by atoms with Crippen LogP contribution in [0.1, 0.15) is 6.42 Å². The van der Waals surface area contributed by atoms with Crippen LogP contribution in [0.3, 0.4) is 0 Å². The van der Waals surface area contributed by atoms with Gasteiger partial charge in [0.05, 0.1) is 18.2 Å². The number of hydrogen-bond donors (Lipinski definition) is 1. The first-order valence-corrected chi connectivity index (χ1v) is 14.8. The standard InChI is InChI=1S/C22H32N6O2Si/c1-26-9-16(8-25-26)18-11-28(15-30-5-6-31(2,3)4)21-19(18)20(23-14-24-21)27-10-17-7-22(17,12-27)13-29/h8-9,11,14,17,29H,5-7,10,12-13,15H2,1-4H3. The largest absolute Gasteiger partial charge is 0.396 e. The predicted molar refractivity (Wildman–Crippen MR) is 124 cm³/mol. The number of aromatic nitrogens is 5. The highest BCUT2D eigenvalue weighted by Gasteiger charge is 2.59. The van der Waals surface area contributed by atoms with Gasteiger partial charge in [-0.2, -0.15) is 5.10 Å². The Hall–Kier alpha value is -2.23. The number of nitrogens with zero attached hydrogens (tertiary/aromatic N) is 6. The van der Waals surface area contributed by atoms with Crippen LogP contribution >= 0.6 is 0 Å². The molecule has 1 saturated heterocycles. The van der Waals surface area contributed by atoms with Crippen LogP contribution in [0.15, 0.2) is 24.9 Å². The first kappa shape index (κ1) is 20.7. The van der Waals surface area contributed by atoms with Crippen molar-refractivity contribution in [3.63, 3.8) is 0 Å². The number of aryl methyl sites for hydroxylation is 1. The second-order valence-electron chi connectivity index (χ2n) is 10.5. The Morgan fingerprint density at radius 2 is 2.10 bits per heavy atom. The van der Waals surface area contributed by atoms with E-state index in [0.717, 1.165) is 60.1 Å². The van der Waals surface area contributed by atoms with Crippen molar-refractivity contribution in [2.75, 3.05) is 31.2 Å². The van der Waals surface area contributed by atoms with E-state index in [0.29, 0.717) is 12.6 Å². The molecule has 1 aliphatic heterocycles. The molecule has 3 aromatic heterocycles. The summed E-state index contributed by atoms with van der Waals surface area (Å²) in [5.41, 5.74) is 3.07. The molecule has 0 bridgehead atoms. The van der Waals surface area contributed by atoms with Crippen LogP contribution in [0.25, 0.3) is 22.2 Å². The van der Waals surface area contributed by atoms with Crippen molar-refractivity contribution >= 4 is 24.9 Å². The Balaban J connectivity index is 1.50. The lowest BCUT2D eigenvalue weighted by Gasteiger charge is -2.22. The quantitative estimate of drug-likeness (QED) is 0.428. The molecule has 31 heavy (non-hydrogen) atoms. The second-order valence-corrected chi connectivity index (χ2v) is 16.1. The first-order chi connectivity index (χ1) is 14.8. The van der Waals surface area contributed by atoms with Crippen LogP contribution in [0, 0.1) is 11.3 Å². The maximum Gasteiger partial charge on any atom is 0.148 e. The van der Waals surface area contributed by atoms with Gasteiger partial charge in [0, 0.05) is 63.8 Å². The van der Waals surface area contributed by atoms with Gasteiger partial charge < -0.3 is 19.3 Å². The average molecular weight is 441 g/mol. The molecular formula is C22H32N6O2Si. The highest BCUT2D eigenvalue weighted by molar-refractivity contribution is 6.76. The summed E-state index contributed by atoms with van der Waals surface area (Å²) >= 11 is 0. The van der Waals surface area contributed by atoms with Gasteiger partial charge in [-0.3, -0.25) is 4.68 Å². The number of anilines is 1. The van der Waals surface area contributed by atoms with Gasteiger partial charge in [0.1, 0.15) is 24.5 Å². The molecule has 3 aromatic rings. The molecule has 2 atom stereocenters. The fourth-order valence-electron chi connectivity index (χ4n) is 4.77. The van der Waals surface area contributed by atoms with Crippen molar-refractivity contribution in [1.29, 1.82) is 0 Å². The molecule has 166 valence electrons. The first-order valence-electron chi connectivity index (χ1n) is 11.1. The van der Waals surface area contributed by atoms with Crippen LogP contribution in [0.2, 0.25) is 25.7 Å². The number of ether oxygens (including phenoxy) is 1. The summed E-state index contributed by atoms with van der Waals surface area (Å²) in [5.74, 6) is 1.51. The zero-order chi connectivity index (χ0) is 21.8. The lowest BCUT2D eigenvalue weighted by molar-refractivity contribution is 0.0899. The highest BCUT2D eigenvalue weighted by atomic mass is 28.3. The SMILES string of the molecule is Cn1cc(-c2cn(COCC[Si](C)(C)C)c3ncnc(N4CC5CC5(CO)C4)c23)cn1. The summed E-state index contributed by atoms with van der Waals surface area (Å²) in [7, 11) is 0.797. The summed E-state index contributed by atoms with van der Waals surface area (Å²) in [4.78, 5) is 11.7. The van der Waals surface area contributed by atoms with Crippen molar-refractivity contribution < 1.29 is 9.84 Å². The minimum absolute atomic E-state index is 0.0638. The van der Waals surface area contributed by atoms with Gasteiger partial charge >= 0.3 is 0 Å². The predicted octanol–water partition coefficient (Wildman–Crippen LogP) is 2.96. The Morgan fingerprint density at radius 3 is 2.77 bits per heavy atom. The smallest absolute Gasteiger partial charge is 0.148 e. The molecule has 4 heterocycles. The van der Waals surface area contributed by atoms with E-state index in [1.807, 2.05) is 24.1 Å². The summed E-state index contributed by atoms with van der Waals surface area (Å²) < 4.78 is 9.96. The van der Waals surface area contributed by atoms with E-state index >= 15 is 0 Å². The molecule has 8 nitrogen and oxygen atoms in total. The maximum atomic E-state index is 9.87. The third-order valence-corrected chi connectivity index (χ3v) is 8.50. The topological polar surface area (TPSA) is 81.2 Å². The third-order valence-electron chi connectivity index (χ3n) is 6.80. The van der Waals surface area contributed by atoms with Gasteiger partial charge in [0.2, 0.25) is 0 Å². The fraction of sp³-hybridized carbons (Fsp3) is 0.591. The molecule has 0 amide bonds. The number of aliphatic hydroxyl groups is 1. The molecule has 0 radical (unpaired) electrons. The average Bonchev–Trinajstić information content (AvgIpc) is 3.07. The van der Waals surface area contributed by atoms with Gasteiger partial charge in [-0.25, -0.2) is 9.97 Å². The van der Waals surface area contributed by atoms with E-state index in [1.165, 1.54) is 0 Å². The number of piperidine rings is 1. The molecule has 2 fully saturated rings. The number of hydrogen-bond acceptors (Lipinski definition) is 6. The van der Waals surface area contributed by atoms with Gasteiger partial charge in [-0.05, 0) is 18.4 Å². The molecule has 0 aromatic carbocycles. The minimum Gasteiger partial charge on any atom is -0.396 e. The zero-order valence-electron chi connectivity index (χ0n) is 18.9. The Morgan fingerprint density at radius 1 is 1.26 bits per heavy atom. The van der Waals surface area contributed by atoms with E-state index < -0.39 is 8.07 Å². The third kappa shape index (κ3) is 3.79. The lowest BCUT2D eigenvalue weighted by atomic mass is 10.1. The van der Waals surface area contributed by atoms with Gasteiger partial charge in [0.25, 0.3) is 0 Å². The molecule has 1 aliphatic carbocycles. The van der Waals surface area contributed by atoms with Gasteiger partial charge in [0.15, 0.2) is 0 Å². The lowest BCUT2D eigenvalue weighted by Crippen LogP contribution is -2.27. The Bertz CT molecular complexity index is 1100. The monoisotopic (exact) mass is 440 g/mol. The van der Waals surface area contributed by atoms with Crippen molar-refractivity contribution in [2.24, 2.45) is 18.4 Å². The molecule has 1 saturated carbocycles. The summed E-state index contributed by atoms with van der Waals surface area (Å²) in [5, 5.41) is 15.3. The molecule has 2 aliphatic rings. The molecule has 0 spiro atoms. The Labute approximate surface area is 183 Å². The number of fused-ring (bicyclic) bond motifs is 2. The van der Waals surface area contributed by atoms with Crippen LogP contribution in [0.4, 0.5) is 5.82 Å². The van der Waals surface area contributed by atoms with Crippen LogP contribution in [-0.4, -0.2) is 63.8 Å². The normalized spacial score (nSPS) is 23.0. The summed E-state index contributed by atoms with van der Waals surface area (Å²) in [6, 6.07) is 1.14. The Kier molecular flexibility index (Phi) is 4.95. The molecule has 5 rings (SSSR count). The van der Waals surface area contributed by atoms with Crippen LogP contribution in [-0.2, 0) is 18.5 Å². The van der Waals surface area contributed by atoms with Gasteiger partial charge in [-0.15, -0.1) is 0 Å². The zero-order valence-corrected chi connectivity index (χ0v) is 19.9.